The first kappa shape index (κ1) is 42.9. The molecule has 1 aliphatic heterocycles. The minimum Gasteiger partial charge on any atom is -0.412 e. The molecule has 4 rings (SSSR count). The van der Waals surface area contributed by atoms with Crippen molar-refractivity contribution in [3.05, 3.63) is 11.6 Å². The highest BCUT2D eigenvalue weighted by Gasteiger charge is 2.41. The van der Waals surface area contributed by atoms with Gasteiger partial charge in [0.25, 0.3) is 0 Å². The third-order valence-electron chi connectivity index (χ3n) is 10.7. The zero-order valence-corrected chi connectivity index (χ0v) is 26.9. The van der Waals surface area contributed by atoms with E-state index in [1.165, 1.54) is 96.7 Å². The molecule has 0 aromatic rings. The lowest BCUT2D eigenvalue weighted by molar-refractivity contribution is 0.00472. The lowest BCUT2D eigenvalue weighted by Gasteiger charge is -2.49. The first-order valence-corrected chi connectivity index (χ1v) is 16.2. The molecule has 5 atom stereocenters. The Hall–Kier alpha value is -0.250. The molecule has 11 N–H and O–H groups in total. The molecule has 0 radical (unpaired) electrons. The second kappa shape index (κ2) is 19.9. The number of piperidine rings is 1. The standard InChI is InChI=1S/C32H58ClN3.CH4.4H2O/c1-23(2)31(21-36-16-15-30(32(3,4)22-36)26-11-13-29(33)14-12-26)35-20-25-8-6-10-28(18-25)27-9-5-7-24(17-27)19-34;;;;;/h18,23-27,29-31,35H,5-17,19-22,34H2,1-4H3;1H4;4*1H2/t24?,25?,26?,27?,29?,30-,31+;;;;;/m1...../s1. The Labute approximate surface area is 258 Å². The molecule has 0 aromatic heterocycles. The van der Waals surface area contributed by atoms with Crippen LogP contribution in [0.15, 0.2) is 11.6 Å². The Morgan fingerprint density at radius 3 is 2.27 bits per heavy atom. The Balaban J connectivity index is 0. The molecule has 1 saturated heterocycles. The van der Waals surface area contributed by atoms with Crippen molar-refractivity contribution >= 4 is 11.6 Å². The Bertz CT molecular complexity index is 715. The van der Waals surface area contributed by atoms with Crippen molar-refractivity contribution in [2.75, 3.05) is 32.7 Å². The maximum atomic E-state index is 6.42. The molecule has 41 heavy (non-hydrogen) atoms. The molecule has 0 amide bonds. The number of hydrogen-bond acceptors (Lipinski definition) is 3. The fourth-order valence-electron chi connectivity index (χ4n) is 8.47. The van der Waals surface area contributed by atoms with Crippen LogP contribution in [0.5, 0.6) is 0 Å². The summed E-state index contributed by atoms with van der Waals surface area (Å²) in [5.41, 5.74) is 8.22. The van der Waals surface area contributed by atoms with Crippen LogP contribution in [0.25, 0.3) is 0 Å². The van der Waals surface area contributed by atoms with Crippen molar-refractivity contribution in [2.24, 2.45) is 46.7 Å². The molecule has 0 aromatic carbocycles. The van der Waals surface area contributed by atoms with E-state index in [9.17, 15) is 0 Å². The number of allylic oxidation sites excluding steroid dienone is 1. The summed E-state index contributed by atoms with van der Waals surface area (Å²) in [7, 11) is 0. The van der Waals surface area contributed by atoms with E-state index in [-0.39, 0.29) is 29.3 Å². The molecule has 0 bridgehead atoms. The number of nitrogens with two attached hydrogens (primary N) is 1. The number of alkyl halides is 1. The number of rotatable bonds is 9. The van der Waals surface area contributed by atoms with Crippen LogP contribution >= 0.6 is 11.6 Å². The molecule has 3 aliphatic carbocycles. The van der Waals surface area contributed by atoms with Crippen molar-refractivity contribution in [1.29, 1.82) is 0 Å². The molecule has 0 spiro atoms. The summed E-state index contributed by atoms with van der Waals surface area (Å²) in [4.78, 5) is 2.79. The summed E-state index contributed by atoms with van der Waals surface area (Å²) in [6.07, 6.45) is 18.8. The van der Waals surface area contributed by atoms with Gasteiger partial charge in [0.15, 0.2) is 0 Å². The molecule has 2 saturated carbocycles. The molecule has 1 heterocycles. The zero-order chi connectivity index (χ0) is 25.7. The Morgan fingerprint density at radius 2 is 1.66 bits per heavy atom. The number of halogens is 1. The van der Waals surface area contributed by atoms with E-state index in [0.717, 1.165) is 36.8 Å². The number of likely N-dealkylation sites (tertiary alicyclic amines) is 1. The molecule has 4 aliphatic rings. The molecular formula is C33H70ClN3O4. The van der Waals surface area contributed by atoms with Crippen LogP contribution in [0.2, 0.25) is 0 Å². The first-order valence-electron chi connectivity index (χ1n) is 15.8. The molecule has 248 valence electrons. The maximum Gasteiger partial charge on any atom is 0.0336 e. The fourth-order valence-corrected chi connectivity index (χ4v) is 8.72. The summed E-state index contributed by atoms with van der Waals surface area (Å²) in [6, 6.07) is 0.583. The molecule has 7 nitrogen and oxygen atoms in total. The van der Waals surface area contributed by atoms with Gasteiger partial charge in [-0.05, 0) is 125 Å². The van der Waals surface area contributed by atoms with Gasteiger partial charge < -0.3 is 37.9 Å². The quantitative estimate of drug-likeness (QED) is 0.290. The Morgan fingerprint density at radius 1 is 0.976 bits per heavy atom. The van der Waals surface area contributed by atoms with Crippen LogP contribution in [0, 0.1) is 40.9 Å². The topological polar surface area (TPSA) is 167 Å². The lowest BCUT2D eigenvalue weighted by atomic mass is 9.64. The van der Waals surface area contributed by atoms with Crippen LogP contribution in [0.3, 0.4) is 0 Å². The van der Waals surface area contributed by atoms with Gasteiger partial charge in [-0.25, -0.2) is 0 Å². The zero-order valence-electron chi connectivity index (χ0n) is 26.1. The van der Waals surface area contributed by atoms with Crippen molar-refractivity contribution in [3.8, 4) is 0 Å². The molecule has 8 heteroatoms. The lowest BCUT2D eigenvalue weighted by Crippen LogP contribution is -2.53. The third-order valence-corrected chi connectivity index (χ3v) is 11.1. The van der Waals surface area contributed by atoms with E-state index in [1.54, 1.807) is 5.57 Å². The predicted molar refractivity (Wildman–Crippen MR) is 178 cm³/mol. The smallest absolute Gasteiger partial charge is 0.0336 e. The monoisotopic (exact) mass is 608 g/mol. The van der Waals surface area contributed by atoms with E-state index in [1.807, 2.05) is 0 Å². The number of hydrogen-bond donors (Lipinski definition) is 2. The van der Waals surface area contributed by atoms with Gasteiger partial charge >= 0.3 is 0 Å². The van der Waals surface area contributed by atoms with Crippen molar-refractivity contribution in [1.82, 2.24) is 10.2 Å². The van der Waals surface area contributed by atoms with E-state index < -0.39 is 0 Å². The third kappa shape index (κ3) is 12.0. The normalized spacial score (nSPS) is 32.5. The van der Waals surface area contributed by atoms with Crippen molar-refractivity contribution in [3.63, 3.8) is 0 Å². The second-order valence-electron chi connectivity index (χ2n) is 14.2. The molecular weight excluding hydrogens is 538 g/mol. The molecule has 3 fully saturated rings. The first-order chi connectivity index (χ1) is 17.2. The van der Waals surface area contributed by atoms with Crippen LogP contribution in [0.1, 0.15) is 112 Å². The SMILES string of the molecule is C.CC(C)[C@H](CN1CC[C@H](C2CCC(Cl)CC2)C(C)(C)C1)NCC1C=C(C2CCCC(CN)C2)CCC1.O.O.O.O. The van der Waals surface area contributed by atoms with Gasteiger partial charge in [-0.15, -0.1) is 11.6 Å². The highest BCUT2D eigenvalue weighted by molar-refractivity contribution is 6.20. The van der Waals surface area contributed by atoms with Gasteiger partial charge in [0.1, 0.15) is 0 Å². The highest BCUT2D eigenvalue weighted by atomic mass is 35.5. The summed E-state index contributed by atoms with van der Waals surface area (Å²) in [5, 5.41) is 4.50. The predicted octanol–water partition coefficient (Wildman–Crippen LogP) is 4.58. The maximum absolute atomic E-state index is 6.42. The molecule has 3 unspecified atom stereocenters. The minimum absolute atomic E-state index is 0. The highest BCUT2D eigenvalue weighted by Crippen LogP contribution is 2.45. The van der Waals surface area contributed by atoms with Crippen molar-refractivity contribution < 1.29 is 21.9 Å². The summed E-state index contributed by atoms with van der Waals surface area (Å²) < 4.78 is 0. The summed E-state index contributed by atoms with van der Waals surface area (Å²) >= 11 is 6.42. The van der Waals surface area contributed by atoms with Crippen molar-refractivity contribution in [2.45, 2.75) is 124 Å². The second-order valence-corrected chi connectivity index (χ2v) is 14.9. The summed E-state index contributed by atoms with van der Waals surface area (Å²) in [5.74, 6) is 4.73. The number of nitrogens with one attached hydrogen (secondary N) is 1. The van der Waals surface area contributed by atoms with Gasteiger partial charge in [0.05, 0.1) is 0 Å². The average Bonchev–Trinajstić information content (AvgIpc) is 2.87. The average molecular weight is 608 g/mol. The minimum atomic E-state index is 0. The van der Waals surface area contributed by atoms with Crippen LogP contribution < -0.4 is 11.1 Å². The van der Waals surface area contributed by atoms with Gasteiger partial charge in [-0.2, -0.15) is 0 Å². The van der Waals surface area contributed by atoms with E-state index >= 15 is 0 Å². The van der Waals surface area contributed by atoms with Gasteiger partial charge in [-0.1, -0.05) is 53.2 Å². The van der Waals surface area contributed by atoms with Gasteiger partial charge in [0, 0.05) is 31.1 Å². The Kier molecular flexibility index (Phi) is 20.8. The van der Waals surface area contributed by atoms with Crippen LogP contribution in [-0.4, -0.2) is 70.9 Å². The summed E-state index contributed by atoms with van der Waals surface area (Å²) in [6.45, 7) is 15.7. The number of nitrogens with zero attached hydrogens (tertiary/aromatic N) is 1. The largest absolute Gasteiger partial charge is 0.412 e. The van der Waals surface area contributed by atoms with Gasteiger partial charge in [0.2, 0.25) is 0 Å². The van der Waals surface area contributed by atoms with Crippen LogP contribution in [0.4, 0.5) is 0 Å². The fraction of sp³-hybridized carbons (Fsp3) is 0.939. The van der Waals surface area contributed by atoms with Gasteiger partial charge in [-0.3, -0.25) is 0 Å². The van der Waals surface area contributed by atoms with E-state index in [4.69, 9.17) is 17.3 Å². The van der Waals surface area contributed by atoms with E-state index in [2.05, 4.69) is 44.0 Å². The van der Waals surface area contributed by atoms with E-state index in [0.29, 0.717) is 28.7 Å². The van der Waals surface area contributed by atoms with Crippen LogP contribution in [-0.2, 0) is 0 Å².